The first-order valence-corrected chi connectivity index (χ1v) is 13.6. The molecule has 2 fully saturated rings. The van der Waals surface area contributed by atoms with Gasteiger partial charge in [0.1, 0.15) is 5.65 Å². The maximum Gasteiger partial charge on any atom is 0.260 e. The van der Waals surface area contributed by atoms with Crippen molar-refractivity contribution in [3.63, 3.8) is 0 Å². The van der Waals surface area contributed by atoms with Crippen molar-refractivity contribution in [1.82, 2.24) is 24.3 Å². The van der Waals surface area contributed by atoms with Crippen LogP contribution in [-0.2, 0) is 16.6 Å². The van der Waals surface area contributed by atoms with Crippen LogP contribution in [0.25, 0.3) is 22.2 Å². The number of fused-ring (bicyclic) bond motifs is 2. The van der Waals surface area contributed by atoms with Gasteiger partial charge in [0.2, 0.25) is 16.0 Å². The van der Waals surface area contributed by atoms with Crippen molar-refractivity contribution in [3.8, 4) is 11.1 Å². The molecule has 1 aliphatic carbocycles. The fourth-order valence-electron chi connectivity index (χ4n) is 5.30. The van der Waals surface area contributed by atoms with Gasteiger partial charge in [-0.1, -0.05) is 30.7 Å². The highest BCUT2D eigenvalue weighted by Gasteiger charge is 2.36. The van der Waals surface area contributed by atoms with Gasteiger partial charge in [0.15, 0.2) is 0 Å². The Bertz CT molecular complexity index is 1380. The minimum Gasteiger partial charge on any atom is -0.291 e. The number of anilines is 1. The molecule has 1 aromatic carbocycles. The third-order valence-corrected chi connectivity index (χ3v) is 7.67. The number of pyridine rings is 1. The van der Waals surface area contributed by atoms with Crippen LogP contribution < -0.4 is 15.7 Å². The monoisotopic (exact) mass is 482 g/mol. The van der Waals surface area contributed by atoms with E-state index in [1.54, 1.807) is 10.8 Å². The molecule has 34 heavy (non-hydrogen) atoms. The van der Waals surface area contributed by atoms with Crippen molar-refractivity contribution in [2.24, 2.45) is 11.8 Å². The van der Waals surface area contributed by atoms with E-state index in [2.05, 4.69) is 25.1 Å². The van der Waals surface area contributed by atoms with E-state index in [-0.39, 0.29) is 18.6 Å². The molecule has 0 spiro atoms. The lowest BCUT2D eigenvalue weighted by molar-refractivity contribution is 0.369. The quantitative estimate of drug-likeness (QED) is 0.532. The Morgan fingerprint density at radius 3 is 2.56 bits per heavy atom. The van der Waals surface area contributed by atoms with Crippen molar-refractivity contribution < 1.29 is 8.42 Å². The van der Waals surface area contributed by atoms with Gasteiger partial charge in [0, 0.05) is 43.3 Å². The number of aromatic nitrogens is 3. The lowest BCUT2D eigenvalue weighted by atomic mass is 10.0. The van der Waals surface area contributed by atoms with Crippen LogP contribution in [0.3, 0.4) is 0 Å². The first kappa shape index (κ1) is 22.9. The molecule has 180 valence electrons. The summed E-state index contributed by atoms with van der Waals surface area (Å²) in [6.45, 7) is 4.16. The van der Waals surface area contributed by atoms with E-state index < -0.39 is 10.0 Å². The van der Waals surface area contributed by atoms with E-state index in [1.165, 1.54) is 19.3 Å². The van der Waals surface area contributed by atoms with Crippen molar-refractivity contribution in [1.29, 1.82) is 0 Å². The molecule has 0 bridgehead atoms. The summed E-state index contributed by atoms with van der Waals surface area (Å²) in [5.74, 6) is 1.90. The maximum absolute atomic E-state index is 13.6. The van der Waals surface area contributed by atoms with Crippen LogP contribution in [0.1, 0.15) is 24.8 Å². The van der Waals surface area contributed by atoms with E-state index in [0.29, 0.717) is 17.2 Å². The largest absolute Gasteiger partial charge is 0.291 e. The molecule has 0 radical (unpaired) electrons. The molecule has 2 aliphatic rings. The van der Waals surface area contributed by atoms with Crippen LogP contribution in [0.5, 0.6) is 0 Å². The molecule has 1 saturated carbocycles. The standard InChI is InChI=1S/C24H30N6O3S/c1-16-6-3-4-9-20(16)21-12-19-13-25-24(28-29-14-17-7-5-8-18(17)15-29)27-22(19)30(23(21)31)11-10-26-34(2,32)33/h3-4,6,9,12-13,17-18,26H,5,7-8,10-11,14-15H2,1-2H3,(H,25,27,28). The van der Waals surface area contributed by atoms with Crippen molar-refractivity contribution in [2.45, 2.75) is 32.7 Å². The Balaban J connectivity index is 1.52. The zero-order valence-corrected chi connectivity index (χ0v) is 20.3. The fraction of sp³-hybridized carbons (Fsp3) is 0.458. The van der Waals surface area contributed by atoms with Gasteiger partial charge in [-0.25, -0.2) is 23.1 Å². The Labute approximate surface area is 199 Å². The lowest BCUT2D eigenvalue weighted by Crippen LogP contribution is -2.32. The lowest BCUT2D eigenvalue weighted by Gasteiger charge is -2.19. The number of rotatable bonds is 7. The summed E-state index contributed by atoms with van der Waals surface area (Å²) in [5.41, 5.74) is 5.96. The second kappa shape index (κ2) is 9.09. The van der Waals surface area contributed by atoms with Gasteiger partial charge >= 0.3 is 0 Å². The first-order valence-electron chi connectivity index (χ1n) is 11.7. The summed E-state index contributed by atoms with van der Waals surface area (Å²) in [7, 11) is -3.38. The van der Waals surface area contributed by atoms with Crippen LogP contribution >= 0.6 is 0 Å². The molecule has 2 atom stereocenters. The summed E-state index contributed by atoms with van der Waals surface area (Å²) < 4.78 is 27.2. The summed E-state index contributed by atoms with van der Waals surface area (Å²) >= 11 is 0. The highest BCUT2D eigenvalue weighted by atomic mass is 32.2. The average molecular weight is 483 g/mol. The van der Waals surface area contributed by atoms with E-state index in [4.69, 9.17) is 0 Å². The van der Waals surface area contributed by atoms with Gasteiger partial charge in [-0.3, -0.25) is 14.8 Å². The zero-order valence-electron chi connectivity index (χ0n) is 19.5. The molecule has 9 nitrogen and oxygen atoms in total. The zero-order chi connectivity index (χ0) is 23.9. The smallest absolute Gasteiger partial charge is 0.260 e. The first-order chi connectivity index (χ1) is 16.3. The van der Waals surface area contributed by atoms with Gasteiger partial charge < -0.3 is 0 Å². The summed E-state index contributed by atoms with van der Waals surface area (Å²) in [5, 5.41) is 2.89. The molecule has 5 rings (SSSR count). The Morgan fingerprint density at radius 2 is 1.85 bits per heavy atom. The molecule has 1 aliphatic heterocycles. The Kier molecular flexibility index (Phi) is 6.13. The minimum absolute atomic E-state index is 0.0906. The van der Waals surface area contributed by atoms with Gasteiger partial charge in [0.05, 0.1) is 6.26 Å². The molecule has 1 saturated heterocycles. The Hall–Kier alpha value is -2.82. The van der Waals surface area contributed by atoms with E-state index >= 15 is 0 Å². The van der Waals surface area contributed by atoms with E-state index in [9.17, 15) is 13.2 Å². The Morgan fingerprint density at radius 1 is 1.12 bits per heavy atom. The normalized spacial score (nSPS) is 20.6. The van der Waals surface area contributed by atoms with Crippen LogP contribution in [-0.4, -0.2) is 53.9 Å². The molecule has 3 heterocycles. The van der Waals surface area contributed by atoms with Gasteiger partial charge in [-0.15, -0.1) is 0 Å². The molecule has 2 aromatic heterocycles. The molecular formula is C24H30N6O3S. The molecule has 3 aromatic rings. The maximum atomic E-state index is 13.6. The second-order valence-corrected chi connectivity index (χ2v) is 11.3. The van der Waals surface area contributed by atoms with Crippen LogP contribution in [0.15, 0.2) is 41.3 Å². The van der Waals surface area contributed by atoms with Gasteiger partial charge in [-0.2, -0.15) is 4.98 Å². The third-order valence-electron chi connectivity index (χ3n) is 6.95. The number of benzene rings is 1. The number of aryl methyl sites for hydroxylation is 1. The number of nitrogens with zero attached hydrogens (tertiary/aromatic N) is 4. The number of sulfonamides is 1. The fourth-order valence-corrected chi connectivity index (χ4v) is 5.76. The van der Waals surface area contributed by atoms with Crippen molar-refractivity contribution in [3.05, 3.63) is 52.4 Å². The van der Waals surface area contributed by atoms with Crippen LogP contribution in [0.2, 0.25) is 0 Å². The molecule has 2 unspecified atom stereocenters. The topological polar surface area (TPSA) is 109 Å². The highest BCUT2D eigenvalue weighted by Crippen LogP contribution is 2.37. The third kappa shape index (κ3) is 4.70. The number of nitrogens with one attached hydrogen (secondary N) is 2. The molecule has 10 heteroatoms. The number of hydrogen-bond acceptors (Lipinski definition) is 7. The molecule has 2 N–H and O–H groups in total. The SMILES string of the molecule is Cc1ccccc1-c1cc2cnc(NN3CC4CCCC4C3)nc2n(CCNS(C)(=O)=O)c1=O. The van der Waals surface area contributed by atoms with Crippen molar-refractivity contribution in [2.75, 3.05) is 31.3 Å². The van der Waals surface area contributed by atoms with E-state index in [0.717, 1.165) is 47.7 Å². The molecular weight excluding hydrogens is 452 g/mol. The predicted octanol–water partition coefficient (Wildman–Crippen LogP) is 2.37. The summed E-state index contributed by atoms with van der Waals surface area (Å²) in [6, 6.07) is 9.53. The number of hydrazine groups is 1. The van der Waals surface area contributed by atoms with Crippen LogP contribution in [0.4, 0.5) is 5.95 Å². The summed E-state index contributed by atoms with van der Waals surface area (Å²) in [4.78, 5) is 22.8. The minimum atomic E-state index is -3.38. The van der Waals surface area contributed by atoms with Gasteiger partial charge in [-0.05, 0) is 48.8 Å². The second-order valence-electron chi connectivity index (χ2n) is 9.44. The molecule has 0 amide bonds. The summed E-state index contributed by atoms with van der Waals surface area (Å²) in [6.07, 6.45) is 6.69. The van der Waals surface area contributed by atoms with Gasteiger partial charge in [0.25, 0.3) is 5.56 Å². The van der Waals surface area contributed by atoms with Crippen molar-refractivity contribution >= 4 is 27.0 Å². The van der Waals surface area contributed by atoms with Crippen LogP contribution in [0, 0.1) is 18.8 Å². The number of hydrogen-bond donors (Lipinski definition) is 2. The highest BCUT2D eigenvalue weighted by molar-refractivity contribution is 7.88. The predicted molar refractivity (Wildman–Crippen MR) is 133 cm³/mol. The van der Waals surface area contributed by atoms with E-state index in [1.807, 2.05) is 37.3 Å². The average Bonchev–Trinajstić information content (AvgIpc) is 3.37.